The molecule has 190 valence electrons. The first kappa shape index (κ1) is 24.7. The van der Waals surface area contributed by atoms with E-state index < -0.39 is 18.0 Å². The van der Waals surface area contributed by atoms with Gasteiger partial charge in [0.1, 0.15) is 42.0 Å². The van der Waals surface area contributed by atoms with Crippen LogP contribution in [0.5, 0.6) is 23.0 Å². The summed E-state index contributed by atoms with van der Waals surface area (Å²) in [6.07, 6.45) is -1.02. The molecule has 0 aliphatic heterocycles. The van der Waals surface area contributed by atoms with Gasteiger partial charge in [0.05, 0.1) is 24.0 Å². The van der Waals surface area contributed by atoms with Crippen LogP contribution < -0.4 is 9.47 Å². The molecule has 0 atom stereocenters. The highest BCUT2D eigenvalue weighted by molar-refractivity contribution is 5.99. The number of rotatable bonds is 10. The van der Waals surface area contributed by atoms with Crippen LogP contribution in [0.1, 0.15) is 35.0 Å². The van der Waals surface area contributed by atoms with E-state index in [2.05, 4.69) is 0 Å². The Morgan fingerprint density at radius 1 is 0.778 bits per heavy atom. The molecule has 0 fully saturated rings. The number of aromatic hydroxyl groups is 2. The summed E-state index contributed by atoms with van der Waals surface area (Å²) in [6, 6.07) is 9.10. The summed E-state index contributed by atoms with van der Waals surface area (Å²) in [7, 11) is 0. The van der Waals surface area contributed by atoms with Crippen molar-refractivity contribution in [3.05, 3.63) is 47.9 Å². The summed E-state index contributed by atoms with van der Waals surface area (Å²) in [5.74, 6) is -2.11. The van der Waals surface area contributed by atoms with Crippen LogP contribution in [0, 0.1) is 0 Å². The van der Waals surface area contributed by atoms with E-state index in [1.165, 1.54) is 24.3 Å². The van der Waals surface area contributed by atoms with Gasteiger partial charge in [-0.05, 0) is 38.1 Å². The van der Waals surface area contributed by atoms with Crippen molar-refractivity contribution in [3.8, 4) is 23.0 Å². The van der Waals surface area contributed by atoms with E-state index in [1.807, 2.05) is 0 Å². The topological polar surface area (TPSA) is 158 Å². The number of ether oxygens (including phenoxy) is 4. The molecule has 0 radical (unpaired) electrons. The Morgan fingerprint density at radius 3 is 1.58 bits per heavy atom. The monoisotopic (exact) mass is 500 g/mol. The molecule has 11 heteroatoms. The Labute approximate surface area is 204 Å². The van der Waals surface area contributed by atoms with Gasteiger partial charge in [-0.25, -0.2) is 9.59 Å². The minimum absolute atomic E-state index is 0.125. The number of benzene rings is 2. The fourth-order valence-electron chi connectivity index (χ4n) is 3.41. The second kappa shape index (κ2) is 10.5. The van der Waals surface area contributed by atoms with E-state index in [4.69, 9.17) is 27.8 Å². The van der Waals surface area contributed by atoms with Crippen LogP contribution in [0.15, 0.2) is 45.2 Å². The summed E-state index contributed by atoms with van der Waals surface area (Å²) in [4.78, 5) is 23.8. The summed E-state index contributed by atoms with van der Waals surface area (Å²) >= 11 is 0. The Balaban J connectivity index is 1.36. The Bertz CT molecular complexity index is 1290. The molecular formula is C25H24O11. The fraction of sp³-hybridized carbons (Fsp3) is 0.280. The molecule has 4 rings (SSSR count). The largest absolute Gasteiger partial charge is 0.504 e. The molecule has 0 aliphatic rings. The van der Waals surface area contributed by atoms with Gasteiger partial charge in [-0.15, -0.1) is 0 Å². The Morgan fingerprint density at radius 2 is 1.19 bits per heavy atom. The van der Waals surface area contributed by atoms with Crippen molar-refractivity contribution in [2.45, 2.75) is 20.0 Å². The molecule has 11 nitrogen and oxygen atoms in total. The van der Waals surface area contributed by atoms with Crippen LogP contribution in [0.3, 0.4) is 0 Å². The lowest BCUT2D eigenvalue weighted by Gasteiger charge is -2.13. The van der Waals surface area contributed by atoms with E-state index in [0.717, 1.165) is 0 Å². The molecule has 2 aromatic heterocycles. The third-order valence-corrected chi connectivity index (χ3v) is 5.08. The quantitative estimate of drug-likeness (QED) is 0.272. The normalized spacial score (nSPS) is 11.2. The molecule has 2 aromatic carbocycles. The summed E-state index contributed by atoms with van der Waals surface area (Å²) in [5.41, 5.74) is 0.437. The highest BCUT2D eigenvalue weighted by Crippen LogP contribution is 2.36. The minimum Gasteiger partial charge on any atom is -0.504 e. The maximum absolute atomic E-state index is 11.9. The number of esters is 2. The molecule has 0 spiro atoms. The molecule has 0 unspecified atom stereocenters. The molecule has 0 saturated carbocycles. The van der Waals surface area contributed by atoms with Gasteiger partial charge < -0.3 is 43.1 Å². The second-order valence-electron chi connectivity index (χ2n) is 7.59. The minimum atomic E-state index is -1.02. The number of aliphatic hydroxyl groups is 1. The van der Waals surface area contributed by atoms with Crippen LogP contribution in [0.25, 0.3) is 21.9 Å². The molecular weight excluding hydrogens is 476 g/mol. The van der Waals surface area contributed by atoms with Gasteiger partial charge >= 0.3 is 11.9 Å². The van der Waals surface area contributed by atoms with Crippen LogP contribution in [-0.4, -0.2) is 59.8 Å². The van der Waals surface area contributed by atoms with Gasteiger partial charge in [-0.3, -0.25) is 0 Å². The van der Waals surface area contributed by atoms with Crippen molar-refractivity contribution in [3.63, 3.8) is 0 Å². The number of fused-ring (bicyclic) bond motifs is 2. The average molecular weight is 500 g/mol. The molecule has 0 bridgehead atoms. The highest BCUT2D eigenvalue weighted by atomic mass is 16.6. The van der Waals surface area contributed by atoms with Crippen LogP contribution in [-0.2, 0) is 9.47 Å². The lowest BCUT2D eigenvalue weighted by atomic mass is 10.2. The lowest BCUT2D eigenvalue weighted by Crippen LogP contribution is -2.25. The molecule has 36 heavy (non-hydrogen) atoms. The zero-order valence-corrected chi connectivity index (χ0v) is 19.5. The number of aliphatic hydroxyl groups excluding tert-OH is 1. The van der Waals surface area contributed by atoms with Crippen molar-refractivity contribution >= 4 is 33.9 Å². The third kappa shape index (κ3) is 5.01. The number of furan rings is 2. The number of carbonyl (C=O) groups is 2. The number of hydrogen-bond acceptors (Lipinski definition) is 11. The summed E-state index contributed by atoms with van der Waals surface area (Å²) in [6.45, 7) is 3.30. The van der Waals surface area contributed by atoms with Crippen LogP contribution >= 0.6 is 0 Å². The molecule has 4 aromatic rings. The first-order valence-electron chi connectivity index (χ1n) is 11.1. The van der Waals surface area contributed by atoms with Crippen molar-refractivity contribution in [2.24, 2.45) is 0 Å². The number of carbonyl (C=O) groups excluding carboxylic acids is 2. The van der Waals surface area contributed by atoms with Gasteiger partial charge in [-0.2, -0.15) is 0 Å². The Hall–Kier alpha value is -4.38. The van der Waals surface area contributed by atoms with E-state index >= 15 is 0 Å². The molecule has 3 N–H and O–H groups in total. The van der Waals surface area contributed by atoms with Crippen molar-refractivity contribution < 1.29 is 52.7 Å². The molecule has 0 amide bonds. The smallest absolute Gasteiger partial charge is 0.378 e. The zero-order chi connectivity index (χ0) is 25.8. The molecule has 2 heterocycles. The van der Waals surface area contributed by atoms with Crippen LogP contribution in [0.4, 0.5) is 0 Å². The predicted molar refractivity (Wildman–Crippen MR) is 125 cm³/mol. The zero-order valence-electron chi connectivity index (χ0n) is 19.5. The van der Waals surface area contributed by atoms with E-state index in [-0.39, 0.29) is 60.6 Å². The standard InChI is InChI=1S/C25H24O11/c1-3-31-24(29)22-20(27)16-7-5-14(9-18(16)35-22)33-11-13(26)12-34-15-6-8-17-19(10-15)36-23(21(17)28)25(30)32-4-2/h5-10,13,26-28H,3-4,11-12H2,1-2H3. The predicted octanol–water partition coefficient (Wildman–Crippen LogP) is 3.76. The van der Waals surface area contributed by atoms with Crippen molar-refractivity contribution in [2.75, 3.05) is 26.4 Å². The van der Waals surface area contributed by atoms with Gasteiger partial charge in [0.15, 0.2) is 11.5 Å². The maximum atomic E-state index is 11.9. The van der Waals surface area contributed by atoms with E-state index in [1.54, 1.807) is 26.0 Å². The average Bonchev–Trinajstić information content (AvgIpc) is 3.38. The van der Waals surface area contributed by atoms with Gasteiger partial charge in [0, 0.05) is 12.1 Å². The first-order chi connectivity index (χ1) is 17.3. The SMILES string of the molecule is CCOC(=O)c1oc2cc(OCC(O)COc3ccc4c(O)c(C(=O)OCC)oc4c3)ccc2c1O. The number of hydrogen-bond donors (Lipinski definition) is 3. The summed E-state index contributed by atoms with van der Waals surface area (Å²) in [5, 5.41) is 31.2. The maximum Gasteiger partial charge on any atom is 0.378 e. The summed E-state index contributed by atoms with van der Waals surface area (Å²) < 4.78 is 31.6. The van der Waals surface area contributed by atoms with Gasteiger partial charge in [-0.1, -0.05) is 0 Å². The second-order valence-corrected chi connectivity index (χ2v) is 7.59. The van der Waals surface area contributed by atoms with E-state index in [9.17, 15) is 24.9 Å². The van der Waals surface area contributed by atoms with Crippen LogP contribution in [0.2, 0.25) is 0 Å². The fourth-order valence-corrected chi connectivity index (χ4v) is 3.41. The van der Waals surface area contributed by atoms with Crippen molar-refractivity contribution in [1.82, 2.24) is 0 Å². The molecule has 0 aliphatic carbocycles. The third-order valence-electron chi connectivity index (χ3n) is 5.08. The van der Waals surface area contributed by atoms with Crippen molar-refractivity contribution in [1.29, 1.82) is 0 Å². The van der Waals surface area contributed by atoms with E-state index in [0.29, 0.717) is 22.3 Å². The van der Waals surface area contributed by atoms with Gasteiger partial charge in [0.25, 0.3) is 11.5 Å². The molecule has 0 saturated heterocycles. The Kier molecular flexibility index (Phi) is 7.20. The highest BCUT2D eigenvalue weighted by Gasteiger charge is 2.23. The lowest BCUT2D eigenvalue weighted by molar-refractivity contribution is 0.0479. The van der Waals surface area contributed by atoms with Gasteiger partial charge in [0.2, 0.25) is 0 Å². The first-order valence-corrected chi connectivity index (χ1v) is 11.1.